The van der Waals surface area contributed by atoms with Crippen LogP contribution in [0.25, 0.3) is 23.1 Å². The van der Waals surface area contributed by atoms with Crippen LogP contribution in [0.2, 0.25) is 0 Å². The first-order chi connectivity index (χ1) is 16.4. The molecular formula is C29H30N2O3. The van der Waals surface area contributed by atoms with Gasteiger partial charge in [0.2, 0.25) is 0 Å². The molecule has 0 saturated carbocycles. The van der Waals surface area contributed by atoms with Gasteiger partial charge in [-0.3, -0.25) is 4.98 Å². The standard InChI is InChI=1S/C29H30N2O3/c1-21-26(14-13-23-19-24(15-17-30-23)33-18-16-29(2,3)32)31-27-12-8-7-11-25(27)28(21)34-20-22-9-5-4-6-10-22/h4-15,17,19,32H,16,18,20H2,1-3H3/b14-13+. The summed E-state index contributed by atoms with van der Waals surface area (Å²) >= 11 is 0. The third kappa shape index (κ3) is 6.21. The van der Waals surface area contributed by atoms with E-state index in [-0.39, 0.29) is 0 Å². The van der Waals surface area contributed by atoms with Gasteiger partial charge in [-0.15, -0.1) is 0 Å². The van der Waals surface area contributed by atoms with Crippen molar-refractivity contribution in [1.82, 2.24) is 9.97 Å². The van der Waals surface area contributed by atoms with Gasteiger partial charge in [-0.1, -0.05) is 42.5 Å². The molecular weight excluding hydrogens is 424 g/mol. The predicted octanol–water partition coefficient (Wildman–Crippen LogP) is 6.23. The van der Waals surface area contributed by atoms with Crippen molar-refractivity contribution in [2.45, 2.75) is 39.4 Å². The molecule has 4 rings (SSSR count). The van der Waals surface area contributed by atoms with Gasteiger partial charge in [0.1, 0.15) is 18.1 Å². The highest BCUT2D eigenvalue weighted by Gasteiger charge is 2.13. The van der Waals surface area contributed by atoms with E-state index in [1.807, 2.05) is 73.7 Å². The number of ether oxygens (including phenoxy) is 2. The Balaban J connectivity index is 1.57. The van der Waals surface area contributed by atoms with Gasteiger partial charge in [0, 0.05) is 29.6 Å². The van der Waals surface area contributed by atoms with Gasteiger partial charge in [0.05, 0.1) is 29.1 Å². The first kappa shape index (κ1) is 23.5. The van der Waals surface area contributed by atoms with E-state index in [1.165, 1.54) is 0 Å². The molecule has 34 heavy (non-hydrogen) atoms. The Hall–Kier alpha value is -3.70. The molecule has 0 unspecified atom stereocenters. The zero-order valence-corrected chi connectivity index (χ0v) is 19.9. The van der Waals surface area contributed by atoms with E-state index in [0.717, 1.165) is 39.2 Å². The van der Waals surface area contributed by atoms with Crippen molar-refractivity contribution < 1.29 is 14.6 Å². The fourth-order valence-electron chi connectivity index (χ4n) is 3.56. The van der Waals surface area contributed by atoms with Crippen molar-refractivity contribution in [3.63, 3.8) is 0 Å². The molecule has 174 valence electrons. The minimum absolute atomic E-state index is 0.435. The lowest BCUT2D eigenvalue weighted by Crippen LogP contribution is -2.21. The third-order valence-corrected chi connectivity index (χ3v) is 5.49. The van der Waals surface area contributed by atoms with Crippen LogP contribution in [0.3, 0.4) is 0 Å². The molecule has 5 nitrogen and oxygen atoms in total. The quantitative estimate of drug-likeness (QED) is 0.325. The van der Waals surface area contributed by atoms with Gasteiger partial charge in [0.25, 0.3) is 0 Å². The number of benzene rings is 2. The maximum absolute atomic E-state index is 9.87. The lowest BCUT2D eigenvalue weighted by molar-refractivity contribution is 0.0553. The van der Waals surface area contributed by atoms with Crippen molar-refractivity contribution in [1.29, 1.82) is 0 Å². The van der Waals surface area contributed by atoms with Crippen LogP contribution in [0.5, 0.6) is 11.5 Å². The van der Waals surface area contributed by atoms with Gasteiger partial charge in [0.15, 0.2) is 0 Å². The van der Waals surface area contributed by atoms with Gasteiger partial charge in [-0.25, -0.2) is 4.98 Å². The Kier molecular flexibility index (Phi) is 7.24. The van der Waals surface area contributed by atoms with Crippen molar-refractivity contribution in [2.24, 2.45) is 0 Å². The lowest BCUT2D eigenvalue weighted by atomic mass is 10.1. The van der Waals surface area contributed by atoms with E-state index in [1.54, 1.807) is 20.0 Å². The molecule has 5 heteroatoms. The maximum atomic E-state index is 9.87. The maximum Gasteiger partial charge on any atom is 0.134 e. The number of nitrogens with zero attached hydrogens (tertiary/aromatic N) is 2. The predicted molar refractivity (Wildman–Crippen MR) is 137 cm³/mol. The van der Waals surface area contributed by atoms with Crippen LogP contribution in [-0.4, -0.2) is 27.3 Å². The summed E-state index contributed by atoms with van der Waals surface area (Å²) in [6.07, 6.45) is 6.15. The van der Waals surface area contributed by atoms with Crippen LogP contribution in [-0.2, 0) is 6.61 Å². The van der Waals surface area contributed by atoms with Crippen molar-refractivity contribution >= 4 is 23.1 Å². The fraction of sp³-hybridized carbons (Fsp3) is 0.241. The second kappa shape index (κ2) is 10.5. The van der Waals surface area contributed by atoms with Gasteiger partial charge in [-0.2, -0.15) is 0 Å². The summed E-state index contributed by atoms with van der Waals surface area (Å²) in [5, 5.41) is 10.9. The topological polar surface area (TPSA) is 64.5 Å². The molecule has 0 saturated heterocycles. The fourth-order valence-corrected chi connectivity index (χ4v) is 3.56. The number of aliphatic hydroxyl groups is 1. The number of fused-ring (bicyclic) bond motifs is 1. The Morgan fingerprint density at radius 1 is 0.941 bits per heavy atom. The first-order valence-corrected chi connectivity index (χ1v) is 11.4. The summed E-state index contributed by atoms with van der Waals surface area (Å²) in [4.78, 5) is 9.28. The third-order valence-electron chi connectivity index (χ3n) is 5.49. The number of hydrogen-bond acceptors (Lipinski definition) is 5. The molecule has 0 atom stereocenters. The van der Waals surface area contributed by atoms with E-state index in [9.17, 15) is 5.11 Å². The second-order valence-electron chi connectivity index (χ2n) is 8.90. The minimum Gasteiger partial charge on any atom is -0.493 e. The normalized spacial score (nSPS) is 11.8. The molecule has 0 aliphatic heterocycles. The zero-order chi connectivity index (χ0) is 24.0. The Morgan fingerprint density at radius 2 is 1.71 bits per heavy atom. The average Bonchev–Trinajstić information content (AvgIpc) is 2.82. The molecule has 0 bridgehead atoms. The first-order valence-electron chi connectivity index (χ1n) is 11.4. The van der Waals surface area contributed by atoms with E-state index >= 15 is 0 Å². The number of rotatable bonds is 9. The van der Waals surface area contributed by atoms with Crippen molar-refractivity contribution in [3.05, 3.63) is 95.4 Å². The highest BCUT2D eigenvalue weighted by Crippen LogP contribution is 2.32. The van der Waals surface area contributed by atoms with Crippen LogP contribution in [0.15, 0.2) is 72.9 Å². The van der Waals surface area contributed by atoms with E-state index in [2.05, 4.69) is 17.1 Å². The summed E-state index contributed by atoms with van der Waals surface area (Å²) < 4.78 is 12.1. The highest BCUT2D eigenvalue weighted by atomic mass is 16.5. The van der Waals surface area contributed by atoms with Gasteiger partial charge < -0.3 is 14.6 Å². The van der Waals surface area contributed by atoms with E-state index in [4.69, 9.17) is 14.5 Å². The molecule has 0 amide bonds. The molecule has 2 aromatic carbocycles. The number of hydrogen-bond donors (Lipinski definition) is 1. The Bertz CT molecular complexity index is 1280. The monoisotopic (exact) mass is 454 g/mol. The molecule has 2 heterocycles. The largest absolute Gasteiger partial charge is 0.493 e. The molecule has 0 aliphatic rings. The molecule has 0 aliphatic carbocycles. The molecule has 0 fully saturated rings. The van der Waals surface area contributed by atoms with Gasteiger partial charge >= 0.3 is 0 Å². The summed E-state index contributed by atoms with van der Waals surface area (Å²) in [6.45, 7) is 6.50. The van der Waals surface area contributed by atoms with E-state index in [0.29, 0.717) is 25.4 Å². The molecule has 0 spiro atoms. The Labute approximate surface area is 200 Å². The number of aromatic nitrogens is 2. The smallest absolute Gasteiger partial charge is 0.134 e. The van der Waals surface area contributed by atoms with Crippen LogP contribution in [0, 0.1) is 6.92 Å². The minimum atomic E-state index is -0.755. The highest BCUT2D eigenvalue weighted by molar-refractivity contribution is 5.88. The van der Waals surface area contributed by atoms with Crippen LogP contribution in [0.4, 0.5) is 0 Å². The van der Waals surface area contributed by atoms with Crippen LogP contribution in [0.1, 0.15) is 42.8 Å². The molecule has 1 N–H and O–H groups in total. The van der Waals surface area contributed by atoms with Crippen LogP contribution >= 0.6 is 0 Å². The summed E-state index contributed by atoms with van der Waals surface area (Å²) in [7, 11) is 0. The average molecular weight is 455 g/mol. The summed E-state index contributed by atoms with van der Waals surface area (Å²) in [5.74, 6) is 1.56. The zero-order valence-electron chi connectivity index (χ0n) is 19.9. The number of pyridine rings is 2. The Morgan fingerprint density at radius 3 is 2.50 bits per heavy atom. The van der Waals surface area contributed by atoms with Crippen molar-refractivity contribution in [2.75, 3.05) is 6.61 Å². The van der Waals surface area contributed by atoms with E-state index < -0.39 is 5.60 Å². The molecule has 0 radical (unpaired) electrons. The molecule has 4 aromatic rings. The summed E-state index contributed by atoms with van der Waals surface area (Å²) in [6, 6.07) is 21.9. The lowest BCUT2D eigenvalue weighted by Gasteiger charge is -2.17. The second-order valence-corrected chi connectivity index (χ2v) is 8.90. The number of para-hydroxylation sites is 1. The van der Waals surface area contributed by atoms with Crippen molar-refractivity contribution in [3.8, 4) is 11.5 Å². The molecule has 2 aromatic heterocycles. The van der Waals surface area contributed by atoms with Gasteiger partial charge in [-0.05, 0) is 56.7 Å². The SMILES string of the molecule is Cc1c(/C=C/c2cc(OCCC(C)(C)O)ccn2)nc2ccccc2c1OCc1ccccc1. The van der Waals surface area contributed by atoms with Crippen LogP contribution < -0.4 is 9.47 Å². The summed E-state index contributed by atoms with van der Waals surface area (Å²) in [5.41, 5.74) is 3.82.